The number of hydrogen-bond donors (Lipinski definition) is 2. The number of esters is 1. The fourth-order valence-electron chi connectivity index (χ4n) is 4.23. The van der Waals surface area contributed by atoms with E-state index in [0.717, 1.165) is 11.1 Å². The number of amides is 4. The second-order valence-corrected chi connectivity index (χ2v) is 12.6. The fraction of sp³-hybridized carbons (Fsp3) is 0.469. The number of rotatable bonds is 8. The van der Waals surface area contributed by atoms with Crippen molar-refractivity contribution in [3.8, 4) is 0 Å². The number of likely N-dealkylation sites (N-methyl/N-ethyl adjacent to an activating group) is 2. The van der Waals surface area contributed by atoms with Crippen LogP contribution < -0.4 is 10.6 Å². The molecule has 2 N–H and O–H groups in total. The Morgan fingerprint density at radius 3 is 2.00 bits per heavy atom. The van der Waals surface area contributed by atoms with Crippen molar-refractivity contribution in [3.63, 3.8) is 0 Å². The lowest BCUT2D eigenvalue weighted by molar-refractivity contribution is -0.151. The molecule has 4 atom stereocenters. The smallest absolute Gasteiger partial charge is 0.408 e. The molecular formula is C32H42Cl2N4O7. The molecule has 0 radical (unpaired) electrons. The monoisotopic (exact) mass is 664 g/mol. The van der Waals surface area contributed by atoms with E-state index in [0.29, 0.717) is 16.5 Å². The van der Waals surface area contributed by atoms with Crippen LogP contribution in [0, 0.1) is 0 Å². The van der Waals surface area contributed by atoms with Crippen molar-refractivity contribution in [2.75, 3.05) is 21.2 Å². The highest BCUT2D eigenvalue weighted by Crippen LogP contribution is 2.16. The molecule has 2 unspecified atom stereocenters. The molecule has 2 aromatic carbocycles. The average Bonchev–Trinajstić information content (AvgIpc) is 2.98. The van der Waals surface area contributed by atoms with Crippen LogP contribution in [0.3, 0.4) is 0 Å². The Kier molecular flexibility index (Phi) is 13.7. The SMILES string of the molecule is COC(=O)[C@H](C)N(C)C(=O)C(Cc1ccc(Cl)cc1)NC(=O)OC(C)(C)C.C[C@H]1C(=O)NC(Cc2ccc(Cl)cc2)C(=O)N1C. The third-order valence-electron chi connectivity index (χ3n) is 7.09. The molecule has 1 heterocycles. The van der Waals surface area contributed by atoms with Crippen molar-refractivity contribution in [2.24, 2.45) is 0 Å². The molecule has 1 aliphatic rings. The molecule has 11 nitrogen and oxygen atoms in total. The van der Waals surface area contributed by atoms with Gasteiger partial charge in [-0.1, -0.05) is 47.5 Å². The van der Waals surface area contributed by atoms with E-state index in [9.17, 15) is 24.0 Å². The molecule has 2 aromatic rings. The lowest BCUT2D eigenvalue weighted by atomic mass is 10.0. The predicted octanol–water partition coefficient (Wildman–Crippen LogP) is 4.02. The first kappa shape index (κ1) is 37.4. The Balaban J connectivity index is 0.000000338. The third-order valence-corrected chi connectivity index (χ3v) is 7.59. The van der Waals surface area contributed by atoms with Gasteiger partial charge in [-0.25, -0.2) is 9.59 Å². The minimum atomic E-state index is -0.918. The number of hydrogen-bond acceptors (Lipinski definition) is 7. The number of carbonyl (C=O) groups excluding carboxylic acids is 5. The zero-order valence-corrected chi connectivity index (χ0v) is 28.4. The van der Waals surface area contributed by atoms with Crippen LogP contribution in [0.4, 0.5) is 4.79 Å². The summed E-state index contributed by atoms with van der Waals surface area (Å²) in [4.78, 5) is 63.3. The molecule has 0 bridgehead atoms. The van der Waals surface area contributed by atoms with Gasteiger partial charge in [0.2, 0.25) is 17.7 Å². The maximum atomic E-state index is 12.9. The molecule has 45 heavy (non-hydrogen) atoms. The number of ether oxygens (including phenoxy) is 2. The third kappa shape index (κ3) is 11.6. The van der Waals surface area contributed by atoms with Crippen molar-refractivity contribution >= 4 is 53.0 Å². The lowest BCUT2D eigenvalue weighted by Crippen LogP contribution is -2.61. The van der Waals surface area contributed by atoms with Crippen LogP contribution in [-0.4, -0.2) is 90.6 Å². The van der Waals surface area contributed by atoms with Gasteiger partial charge in [-0.2, -0.15) is 0 Å². The van der Waals surface area contributed by atoms with E-state index in [1.165, 1.54) is 24.0 Å². The second kappa shape index (κ2) is 16.5. The minimum Gasteiger partial charge on any atom is -0.467 e. The number of nitrogens with one attached hydrogen (secondary N) is 2. The molecule has 13 heteroatoms. The van der Waals surface area contributed by atoms with Gasteiger partial charge >= 0.3 is 12.1 Å². The van der Waals surface area contributed by atoms with E-state index in [1.54, 1.807) is 78.1 Å². The number of benzene rings is 2. The van der Waals surface area contributed by atoms with Gasteiger partial charge in [-0.3, -0.25) is 14.4 Å². The minimum absolute atomic E-state index is 0.0583. The van der Waals surface area contributed by atoms with Crippen LogP contribution >= 0.6 is 23.2 Å². The number of nitrogens with zero attached hydrogens (tertiary/aromatic N) is 2. The van der Waals surface area contributed by atoms with E-state index in [2.05, 4.69) is 15.4 Å². The predicted molar refractivity (Wildman–Crippen MR) is 172 cm³/mol. The summed E-state index contributed by atoms with van der Waals surface area (Å²) in [6.07, 6.45) is -0.0133. The van der Waals surface area contributed by atoms with Gasteiger partial charge in [0.1, 0.15) is 29.8 Å². The number of piperazine rings is 1. The maximum Gasteiger partial charge on any atom is 0.408 e. The maximum absolute atomic E-state index is 12.9. The summed E-state index contributed by atoms with van der Waals surface area (Å²) in [5.74, 6) is -1.16. The van der Waals surface area contributed by atoms with E-state index < -0.39 is 47.7 Å². The second-order valence-electron chi connectivity index (χ2n) is 11.7. The quantitative estimate of drug-likeness (QED) is 0.407. The van der Waals surface area contributed by atoms with Gasteiger partial charge in [0.25, 0.3) is 0 Å². The number of carbonyl (C=O) groups is 5. The summed E-state index contributed by atoms with van der Waals surface area (Å²) in [7, 11) is 4.39. The highest BCUT2D eigenvalue weighted by Gasteiger charge is 2.35. The summed E-state index contributed by atoms with van der Waals surface area (Å²) < 4.78 is 9.93. The number of alkyl carbamates (subject to hydrolysis) is 1. The van der Waals surface area contributed by atoms with Crippen molar-refractivity contribution in [3.05, 3.63) is 69.7 Å². The summed E-state index contributed by atoms with van der Waals surface area (Å²) in [5.41, 5.74) is 1.07. The Hall–Kier alpha value is -3.83. The van der Waals surface area contributed by atoms with Crippen LogP contribution in [0.5, 0.6) is 0 Å². The molecule has 1 aliphatic heterocycles. The molecule has 4 amide bonds. The molecule has 3 rings (SSSR count). The van der Waals surface area contributed by atoms with Crippen LogP contribution in [-0.2, 0) is 41.5 Å². The highest BCUT2D eigenvalue weighted by molar-refractivity contribution is 6.30. The van der Waals surface area contributed by atoms with Gasteiger partial charge in [-0.15, -0.1) is 0 Å². The van der Waals surface area contributed by atoms with Crippen LogP contribution in [0.25, 0.3) is 0 Å². The van der Waals surface area contributed by atoms with Gasteiger partial charge in [0.15, 0.2) is 0 Å². The molecule has 0 aromatic heterocycles. The van der Waals surface area contributed by atoms with E-state index >= 15 is 0 Å². The first-order valence-corrected chi connectivity index (χ1v) is 15.1. The molecule has 0 spiro atoms. The van der Waals surface area contributed by atoms with Gasteiger partial charge < -0.3 is 29.9 Å². The molecule has 1 saturated heterocycles. The van der Waals surface area contributed by atoms with Crippen LogP contribution in [0.15, 0.2) is 48.5 Å². The van der Waals surface area contributed by atoms with Gasteiger partial charge in [0.05, 0.1) is 7.11 Å². The molecule has 246 valence electrons. The van der Waals surface area contributed by atoms with Crippen molar-refractivity contribution in [1.82, 2.24) is 20.4 Å². The number of halogens is 2. The Morgan fingerprint density at radius 1 is 1.00 bits per heavy atom. The Morgan fingerprint density at radius 2 is 1.51 bits per heavy atom. The summed E-state index contributed by atoms with van der Waals surface area (Å²) in [6.45, 7) is 8.46. The summed E-state index contributed by atoms with van der Waals surface area (Å²) in [6, 6.07) is 11.6. The molecule has 1 fully saturated rings. The first-order chi connectivity index (χ1) is 20.9. The standard InChI is InChI=1S/C19H27ClN2O5.C13H15ClN2O2/c1-12(17(24)26-6)22(5)16(23)15(21-18(25)27-19(2,3)4)11-13-7-9-14(20)10-8-13;1-8-12(17)15-11(13(18)16(8)2)7-9-3-5-10(14)6-4-9/h7-10,12,15H,11H2,1-6H3,(H,21,25);3-6,8,11H,7H2,1-2H3,(H,15,17)/t12-,15?;8-,11?/m00/s1. The summed E-state index contributed by atoms with van der Waals surface area (Å²) >= 11 is 11.7. The average molecular weight is 666 g/mol. The Bertz CT molecular complexity index is 1350. The molecule has 0 aliphatic carbocycles. The van der Waals surface area contributed by atoms with Crippen molar-refractivity contribution in [1.29, 1.82) is 0 Å². The van der Waals surface area contributed by atoms with Gasteiger partial charge in [0, 0.05) is 37.0 Å². The topological polar surface area (TPSA) is 134 Å². The highest BCUT2D eigenvalue weighted by atomic mass is 35.5. The van der Waals surface area contributed by atoms with E-state index in [1.807, 2.05) is 12.1 Å². The van der Waals surface area contributed by atoms with Crippen LogP contribution in [0.1, 0.15) is 45.7 Å². The molecular weight excluding hydrogens is 623 g/mol. The number of methoxy groups -OCH3 is 1. The van der Waals surface area contributed by atoms with Crippen LogP contribution in [0.2, 0.25) is 10.0 Å². The van der Waals surface area contributed by atoms with E-state index in [4.69, 9.17) is 27.9 Å². The first-order valence-electron chi connectivity index (χ1n) is 14.3. The van der Waals surface area contributed by atoms with Crippen molar-refractivity contribution < 1.29 is 33.4 Å². The Labute approximate surface area is 274 Å². The normalized spacial score (nSPS) is 17.6. The van der Waals surface area contributed by atoms with Gasteiger partial charge in [-0.05, 0) is 70.0 Å². The molecule has 0 saturated carbocycles. The zero-order valence-electron chi connectivity index (χ0n) is 26.9. The summed E-state index contributed by atoms with van der Waals surface area (Å²) in [5, 5.41) is 6.56. The largest absolute Gasteiger partial charge is 0.467 e. The van der Waals surface area contributed by atoms with Crippen molar-refractivity contribution in [2.45, 2.75) is 77.2 Å². The fourth-order valence-corrected chi connectivity index (χ4v) is 4.48. The lowest BCUT2D eigenvalue weighted by Gasteiger charge is -2.34. The zero-order chi connectivity index (χ0) is 34.1. The van der Waals surface area contributed by atoms with E-state index in [-0.39, 0.29) is 18.2 Å².